The maximum absolute atomic E-state index is 5.40. The minimum Gasteiger partial charge on any atom is -0.272 e. The number of aryl methyl sites for hydroxylation is 3. The molecule has 1 aliphatic rings. The van der Waals surface area contributed by atoms with E-state index in [0.717, 1.165) is 12.2 Å². The zero-order valence-corrected chi connectivity index (χ0v) is 12.5. The molecule has 0 spiro atoms. The number of aromatic amines is 1. The monoisotopic (exact) mass is 273 g/mol. The molecule has 0 amide bonds. The van der Waals surface area contributed by atoms with Crippen molar-refractivity contribution in [3.63, 3.8) is 0 Å². The molecule has 0 unspecified atom stereocenters. The summed E-state index contributed by atoms with van der Waals surface area (Å²) >= 11 is 5.40. The highest BCUT2D eigenvalue weighted by molar-refractivity contribution is 7.71. The zero-order valence-electron chi connectivity index (χ0n) is 11.7. The standard InChI is InChI=1S/C15H19N3S/c1-9-8-10(2)14(13-7-5-4-6-12(9)13)18-11(3)16-17-15(18)19/h8H,4-7H2,1-3H3,(H,17,19). The number of H-pyrrole nitrogens is 1. The Morgan fingerprint density at radius 3 is 2.42 bits per heavy atom. The van der Waals surface area contributed by atoms with E-state index >= 15 is 0 Å². The quantitative estimate of drug-likeness (QED) is 0.803. The summed E-state index contributed by atoms with van der Waals surface area (Å²) in [5.74, 6) is 0.935. The Labute approximate surface area is 118 Å². The third kappa shape index (κ3) is 1.94. The minimum atomic E-state index is 0.692. The second-order valence-electron chi connectivity index (χ2n) is 5.43. The average molecular weight is 273 g/mol. The van der Waals surface area contributed by atoms with Crippen molar-refractivity contribution < 1.29 is 0 Å². The Balaban J connectivity index is 2.36. The molecule has 0 aliphatic heterocycles. The summed E-state index contributed by atoms with van der Waals surface area (Å²) in [6.07, 6.45) is 4.91. The highest BCUT2D eigenvalue weighted by atomic mass is 32.1. The van der Waals surface area contributed by atoms with E-state index in [1.165, 1.54) is 47.2 Å². The van der Waals surface area contributed by atoms with E-state index in [-0.39, 0.29) is 0 Å². The van der Waals surface area contributed by atoms with Gasteiger partial charge in [0, 0.05) is 0 Å². The molecule has 100 valence electrons. The van der Waals surface area contributed by atoms with Gasteiger partial charge in [0.2, 0.25) is 0 Å². The fourth-order valence-electron chi connectivity index (χ4n) is 3.27. The molecule has 3 rings (SSSR count). The van der Waals surface area contributed by atoms with Gasteiger partial charge >= 0.3 is 0 Å². The summed E-state index contributed by atoms with van der Waals surface area (Å²) in [5.41, 5.74) is 6.97. The lowest BCUT2D eigenvalue weighted by Crippen LogP contribution is -2.13. The Bertz CT molecular complexity index is 694. The van der Waals surface area contributed by atoms with Gasteiger partial charge in [-0.3, -0.25) is 9.67 Å². The normalized spacial score (nSPS) is 14.5. The van der Waals surface area contributed by atoms with Crippen LogP contribution in [0.4, 0.5) is 0 Å². The van der Waals surface area contributed by atoms with Crippen LogP contribution in [0.25, 0.3) is 5.69 Å². The van der Waals surface area contributed by atoms with Crippen molar-refractivity contribution in [3.05, 3.63) is 38.9 Å². The van der Waals surface area contributed by atoms with Gasteiger partial charge < -0.3 is 0 Å². The van der Waals surface area contributed by atoms with E-state index < -0.39 is 0 Å². The predicted octanol–water partition coefficient (Wildman–Crippen LogP) is 3.73. The number of hydrogen-bond donors (Lipinski definition) is 1. The largest absolute Gasteiger partial charge is 0.272 e. The summed E-state index contributed by atoms with van der Waals surface area (Å²) in [4.78, 5) is 0. The van der Waals surface area contributed by atoms with Gasteiger partial charge in [-0.1, -0.05) is 6.07 Å². The second-order valence-corrected chi connectivity index (χ2v) is 5.82. The first-order valence-electron chi connectivity index (χ1n) is 6.86. The average Bonchev–Trinajstić information content (AvgIpc) is 2.71. The molecule has 0 saturated carbocycles. The van der Waals surface area contributed by atoms with Crippen molar-refractivity contribution in [1.82, 2.24) is 14.8 Å². The highest BCUT2D eigenvalue weighted by Crippen LogP contribution is 2.32. The predicted molar refractivity (Wildman–Crippen MR) is 79.6 cm³/mol. The number of rotatable bonds is 1. The first-order valence-corrected chi connectivity index (χ1v) is 7.26. The molecule has 0 saturated heterocycles. The molecule has 1 aromatic heterocycles. The molecular weight excluding hydrogens is 254 g/mol. The fourth-order valence-corrected chi connectivity index (χ4v) is 3.54. The molecule has 1 aromatic carbocycles. The lowest BCUT2D eigenvalue weighted by Gasteiger charge is -2.24. The van der Waals surface area contributed by atoms with Gasteiger partial charge in [-0.25, -0.2) is 0 Å². The third-order valence-corrected chi connectivity index (χ3v) is 4.37. The first-order chi connectivity index (χ1) is 9.09. The van der Waals surface area contributed by atoms with E-state index in [2.05, 4.69) is 34.7 Å². The summed E-state index contributed by atoms with van der Waals surface area (Å²) in [7, 11) is 0. The second kappa shape index (κ2) is 4.60. The van der Waals surface area contributed by atoms with Crippen molar-refractivity contribution in [2.45, 2.75) is 46.5 Å². The molecule has 0 bridgehead atoms. The van der Waals surface area contributed by atoms with E-state index in [1.807, 2.05) is 6.92 Å². The maximum Gasteiger partial charge on any atom is 0.199 e. The molecule has 3 nitrogen and oxygen atoms in total. The fraction of sp³-hybridized carbons (Fsp3) is 0.467. The van der Waals surface area contributed by atoms with Gasteiger partial charge in [0.15, 0.2) is 4.77 Å². The van der Waals surface area contributed by atoms with Crippen LogP contribution < -0.4 is 0 Å². The van der Waals surface area contributed by atoms with Crippen molar-refractivity contribution in [2.75, 3.05) is 0 Å². The molecule has 0 fully saturated rings. The molecule has 0 radical (unpaired) electrons. The number of benzene rings is 1. The van der Waals surface area contributed by atoms with Crippen LogP contribution in [0, 0.1) is 25.5 Å². The van der Waals surface area contributed by atoms with Gasteiger partial charge in [-0.15, -0.1) is 0 Å². The summed E-state index contributed by atoms with van der Waals surface area (Å²) in [6.45, 7) is 6.40. The van der Waals surface area contributed by atoms with Gasteiger partial charge in [-0.2, -0.15) is 5.10 Å². The Morgan fingerprint density at radius 1 is 1.11 bits per heavy atom. The third-order valence-electron chi connectivity index (χ3n) is 4.10. The van der Waals surface area contributed by atoms with Gasteiger partial charge in [0.25, 0.3) is 0 Å². The first kappa shape index (κ1) is 12.6. The molecule has 1 N–H and O–H groups in total. The van der Waals surface area contributed by atoms with Crippen LogP contribution >= 0.6 is 12.2 Å². The number of nitrogens with zero attached hydrogens (tertiary/aromatic N) is 2. The van der Waals surface area contributed by atoms with Crippen LogP contribution in [-0.4, -0.2) is 14.8 Å². The van der Waals surface area contributed by atoms with Crippen molar-refractivity contribution in [3.8, 4) is 5.69 Å². The van der Waals surface area contributed by atoms with Gasteiger partial charge in [-0.05, 0) is 80.9 Å². The lowest BCUT2D eigenvalue weighted by molar-refractivity contribution is 0.675. The summed E-state index contributed by atoms with van der Waals surface area (Å²) in [5, 5.41) is 7.15. The minimum absolute atomic E-state index is 0.692. The van der Waals surface area contributed by atoms with Crippen LogP contribution in [0.3, 0.4) is 0 Å². The van der Waals surface area contributed by atoms with Crippen LogP contribution in [0.1, 0.15) is 40.9 Å². The SMILES string of the molecule is Cc1cc(C)c(-n2c(C)n[nH]c2=S)c2c1CCCC2. The van der Waals surface area contributed by atoms with Crippen molar-refractivity contribution in [1.29, 1.82) is 0 Å². The summed E-state index contributed by atoms with van der Waals surface area (Å²) < 4.78 is 2.78. The van der Waals surface area contributed by atoms with E-state index in [9.17, 15) is 0 Å². The number of aromatic nitrogens is 3. The smallest absolute Gasteiger partial charge is 0.199 e. The van der Waals surface area contributed by atoms with Crippen LogP contribution in [0.15, 0.2) is 6.07 Å². The highest BCUT2D eigenvalue weighted by Gasteiger charge is 2.20. The molecule has 1 heterocycles. The number of nitrogens with one attached hydrogen (secondary N) is 1. The van der Waals surface area contributed by atoms with E-state index in [4.69, 9.17) is 12.2 Å². The summed E-state index contributed by atoms with van der Waals surface area (Å²) in [6, 6.07) is 2.29. The van der Waals surface area contributed by atoms with Crippen LogP contribution in [0.2, 0.25) is 0 Å². The number of fused-ring (bicyclic) bond motifs is 1. The van der Waals surface area contributed by atoms with E-state index in [1.54, 1.807) is 0 Å². The lowest BCUT2D eigenvalue weighted by atomic mass is 9.85. The van der Waals surface area contributed by atoms with Gasteiger partial charge in [0.05, 0.1) is 5.69 Å². The molecule has 0 atom stereocenters. The Hall–Kier alpha value is -1.42. The molecule has 19 heavy (non-hydrogen) atoms. The maximum atomic E-state index is 5.40. The number of hydrogen-bond acceptors (Lipinski definition) is 2. The van der Waals surface area contributed by atoms with Crippen LogP contribution in [-0.2, 0) is 12.8 Å². The Kier molecular flexibility index (Phi) is 3.05. The Morgan fingerprint density at radius 2 is 1.79 bits per heavy atom. The molecular formula is C15H19N3S. The zero-order chi connectivity index (χ0) is 13.6. The van der Waals surface area contributed by atoms with Gasteiger partial charge in [0.1, 0.15) is 5.82 Å². The van der Waals surface area contributed by atoms with E-state index in [0.29, 0.717) is 4.77 Å². The van der Waals surface area contributed by atoms with Crippen LogP contribution in [0.5, 0.6) is 0 Å². The topological polar surface area (TPSA) is 33.6 Å². The molecule has 4 heteroatoms. The molecule has 1 aliphatic carbocycles. The van der Waals surface area contributed by atoms with Crippen molar-refractivity contribution >= 4 is 12.2 Å². The van der Waals surface area contributed by atoms with Crippen molar-refractivity contribution in [2.24, 2.45) is 0 Å². The molecule has 2 aromatic rings.